The summed E-state index contributed by atoms with van der Waals surface area (Å²) in [5.74, 6) is -0.146. The van der Waals surface area contributed by atoms with Crippen LogP contribution >= 0.6 is 11.6 Å². The Bertz CT molecular complexity index is 439. The highest BCUT2D eigenvalue weighted by Gasteiger charge is 2.21. The molecule has 1 aromatic heterocycles. The average Bonchev–Trinajstić information content (AvgIpc) is 2.29. The Hall–Kier alpha value is -1.16. The molecule has 0 aliphatic rings. The number of pyridine rings is 1. The Labute approximate surface area is 118 Å². The zero-order valence-electron chi connectivity index (χ0n) is 11.8. The predicted molar refractivity (Wildman–Crippen MR) is 74.8 cm³/mol. The van der Waals surface area contributed by atoms with E-state index in [4.69, 9.17) is 11.6 Å². The molecule has 0 saturated heterocycles. The summed E-state index contributed by atoms with van der Waals surface area (Å²) in [6.45, 7) is 9.36. The highest BCUT2D eigenvalue weighted by atomic mass is 35.5. The Morgan fingerprint density at radius 3 is 2.32 bits per heavy atom. The van der Waals surface area contributed by atoms with Gasteiger partial charge in [-0.1, -0.05) is 39.3 Å². The van der Waals surface area contributed by atoms with Gasteiger partial charge in [-0.05, 0) is 17.9 Å². The molecule has 0 atom stereocenters. The van der Waals surface area contributed by atoms with Crippen LogP contribution in [0.5, 0.6) is 0 Å². The minimum Gasteiger partial charge on any atom is -0.338 e. The van der Waals surface area contributed by atoms with Crippen molar-refractivity contribution in [2.75, 3.05) is 13.1 Å². The van der Waals surface area contributed by atoms with E-state index in [1.807, 2.05) is 27.7 Å². The van der Waals surface area contributed by atoms with Crippen LogP contribution < -0.4 is 0 Å². The minimum absolute atomic E-state index is 0.0453. The van der Waals surface area contributed by atoms with Gasteiger partial charge in [-0.2, -0.15) is 0 Å². The molecule has 1 heterocycles. The minimum atomic E-state index is -0.554. The maximum Gasteiger partial charge on any atom is 0.257 e. The number of halogens is 2. The van der Waals surface area contributed by atoms with Crippen molar-refractivity contribution in [1.82, 2.24) is 9.88 Å². The first-order chi connectivity index (χ1) is 8.81. The lowest BCUT2D eigenvalue weighted by Crippen LogP contribution is -2.37. The van der Waals surface area contributed by atoms with E-state index in [0.29, 0.717) is 24.9 Å². The maximum absolute atomic E-state index is 13.2. The molecule has 0 aromatic carbocycles. The van der Waals surface area contributed by atoms with Crippen LogP contribution in [-0.4, -0.2) is 28.9 Å². The Morgan fingerprint density at radius 1 is 1.32 bits per heavy atom. The normalized spacial score (nSPS) is 11.2. The second kappa shape index (κ2) is 6.85. The lowest BCUT2D eigenvalue weighted by atomic mass is 10.1. The second-order valence-electron chi connectivity index (χ2n) is 5.49. The molecule has 0 saturated carbocycles. The lowest BCUT2D eigenvalue weighted by Gasteiger charge is -2.26. The molecule has 0 aliphatic heterocycles. The van der Waals surface area contributed by atoms with E-state index < -0.39 is 5.82 Å². The summed E-state index contributed by atoms with van der Waals surface area (Å²) in [4.78, 5) is 17.8. The molecular formula is C14H20ClFN2O. The largest absolute Gasteiger partial charge is 0.338 e. The number of aromatic nitrogens is 1. The molecule has 0 bridgehead atoms. The van der Waals surface area contributed by atoms with E-state index in [-0.39, 0.29) is 16.6 Å². The summed E-state index contributed by atoms with van der Waals surface area (Å²) >= 11 is 5.88. The van der Waals surface area contributed by atoms with Crippen molar-refractivity contribution in [2.45, 2.75) is 27.7 Å². The average molecular weight is 287 g/mol. The number of nitrogens with zero attached hydrogens (tertiary/aromatic N) is 2. The van der Waals surface area contributed by atoms with E-state index in [2.05, 4.69) is 4.98 Å². The van der Waals surface area contributed by atoms with Crippen LogP contribution in [0.25, 0.3) is 0 Å². The summed E-state index contributed by atoms with van der Waals surface area (Å²) in [6.07, 6.45) is 1.01. The molecule has 0 spiro atoms. The standard InChI is InChI=1S/C14H20ClFN2O/c1-9(2)7-18(8-10(3)4)14(19)12-5-11(16)6-17-13(12)15/h5-6,9-10H,7-8H2,1-4H3. The van der Waals surface area contributed by atoms with Gasteiger partial charge in [-0.3, -0.25) is 4.79 Å². The number of amides is 1. The molecule has 5 heteroatoms. The number of hydrogen-bond donors (Lipinski definition) is 0. The van der Waals surface area contributed by atoms with Gasteiger partial charge in [0.1, 0.15) is 11.0 Å². The van der Waals surface area contributed by atoms with E-state index in [0.717, 1.165) is 12.3 Å². The number of carbonyl (C=O) groups excluding carboxylic acids is 1. The van der Waals surface area contributed by atoms with Crippen molar-refractivity contribution >= 4 is 17.5 Å². The third kappa shape index (κ3) is 4.78. The molecule has 3 nitrogen and oxygen atoms in total. The summed E-state index contributed by atoms with van der Waals surface area (Å²) in [5, 5.41) is 0.0453. The summed E-state index contributed by atoms with van der Waals surface area (Å²) < 4.78 is 13.2. The molecular weight excluding hydrogens is 267 g/mol. The zero-order valence-corrected chi connectivity index (χ0v) is 12.5. The molecule has 0 aliphatic carbocycles. The van der Waals surface area contributed by atoms with Crippen molar-refractivity contribution in [3.63, 3.8) is 0 Å². The van der Waals surface area contributed by atoms with E-state index in [1.165, 1.54) is 0 Å². The SMILES string of the molecule is CC(C)CN(CC(C)C)C(=O)c1cc(F)cnc1Cl. The van der Waals surface area contributed by atoms with E-state index in [1.54, 1.807) is 4.90 Å². The first kappa shape index (κ1) is 15.9. The fraction of sp³-hybridized carbons (Fsp3) is 0.571. The molecule has 0 fully saturated rings. The number of hydrogen-bond acceptors (Lipinski definition) is 2. The van der Waals surface area contributed by atoms with Crippen molar-refractivity contribution in [1.29, 1.82) is 0 Å². The second-order valence-corrected chi connectivity index (χ2v) is 5.85. The quantitative estimate of drug-likeness (QED) is 0.775. The summed E-state index contributed by atoms with van der Waals surface area (Å²) in [7, 11) is 0. The van der Waals surface area contributed by atoms with Gasteiger partial charge < -0.3 is 4.90 Å². The van der Waals surface area contributed by atoms with Crippen molar-refractivity contribution in [3.8, 4) is 0 Å². The molecule has 0 unspecified atom stereocenters. The highest BCUT2D eigenvalue weighted by molar-refractivity contribution is 6.32. The van der Waals surface area contributed by atoms with Gasteiger partial charge in [0.15, 0.2) is 0 Å². The van der Waals surface area contributed by atoms with Gasteiger partial charge >= 0.3 is 0 Å². The van der Waals surface area contributed by atoms with E-state index >= 15 is 0 Å². The molecule has 1 rings (SSSR count). The first-order valence-corrected chi connectivity index (χ1v) is 6.79. The van der Waals surface area contributed by atoms with Crippen LogP contribution in [0.2, 0.25) is 5.15 Å². The van der Waals surface area contributed by atoms with Gasteiger partial charge in [0, 0.05) is 13.1 Å². The predicted octanol–water partition coefficient (Wildman–Crippen LogP) is 3.63. The molecule has 0 N–H and O–H groups in total. The van der Waals surface area contributed by atoms with Crippen LogP contribution in [0.3, 0.4) is 0 Å². The molecule has 19 heavy (non-hydrogen) atoms. The third-order valence-corrected chi connectivity index (χ3v) is 2.80. The number of rotatable bonds is 5. The van der Waals surface area contributed by atoms with Crippen molar-refractivity contribution < 1.29 is 9.18 Å². The smallest absolute Gasteiger partial charge is 0.257 e. The van der Waals surface area contributed by atoms with Gasteiger partial charge in [0.2, 0.25) is 0 Å². The van der Waals surface area contributed by atoms with Crippen LogP contribution in [0.1, 0.15) is 38.1 Å². The van der Waals surface area contributed by atoms with Crippen LogP contribution in [-0.2, 0) is 0 Å². The summed E-state index contributed by atoms with van der Waals surface area (Å²) in [5.41, 5.74) is 0.128. The van der Waals surface area contributed by atoms with Crippen LogP contribution in [0.15, 0.2) is 12.3 Å². The fourth-order valence-corrected chi connectivity index (χ4v) is 2.05. The zero-order chi connectivity index (χ0) is 14.6. The topological polar surface area (TPSA) is 33.2 Å². The maximum atomic E-state index is 13.2. The van der Waals surface area contributed by atoms with Crippen molar-refractivity contribution in [3.05, 3.63) is 28.8 Å². The van der Waals surface area contributed by atoms with Gasteiger partial charge in [-0.25, -0.2) is 9.37 Å². The Morgan fingerprint density at radius 2 is 1.84 bits per heavy atom. The van der Waals surface area contributed by atoms with Gasteiger partial charge in [0.25, 0.3) is 5.91 Å². The van der Waals surface area contributed by atoms with Crippen LogP contribution in [0, 0.1) is 17.7 Å². The molecule has 1 aromatic rings. The lowest BCUT2D eigenvalue weighted by molar-refractivity contribution is 0.0714. The first-order valence-electron chi connectivity index (χ1n) is 6.41. The third-order valence-electron chi connectivity index (χ3n) is 2.49. The van der Waals surface area contributed by atoms with E-state index in [9.17, 15) is 9.18 Å². The van der Waals surface area contributed by atoms with Crippen LogP contribution in [0.4, 0.5) is 4.39 Å². The molecule has 106 valence electrons. The highest BCUT2D eigenvalue weighted by Crippen LogP contribution is 2.17. The Kier molecular flexibility index (Phi) is 5.73. The van der Waals surface area contributed by atoms with Gasteiger partial charge in [0.05, 0.1) is 11.8 Å². The summed E-state index contributed by atoms with van der Waals surface area (Å²) in [6, 6.07) is 1.14. The fourth-order valence-electron chi connectivity index (χ4n) is 1.86. The Balaban J connectivity index is 3.00. The van der Waals surface area contributed by atoms with Gasteiger partial charge in [-0.15, -0.1) is 0 Å². The molecule has 0 radical (unpaired) electrons. The monoisotopic (exact) mass is 286 g/mol. The van der Waals surface area contributed by atoms with Crippen molar-refractivity contribution in [2.24, 2.45) is 11.8 Å². The molecule has 1 amide bonds. The number of carbonyl (C=O) groups is 1.